The van der Waals surface area contributed by atoms with E-state index in [-0.39, 0.29) is 35.1 Å². The lowest BCUT2D eigenvalue weighted by Gasteiger charge is -2.31. The van der Waals surface area contributed by atoms with E-state index < -0.39 is 29.7 Å². The fraction of sp³-hybridized carbons (Fsp3) is 0.387. The molecular weight excluding hydrogens is 577 g/mol. The largest absolute Gasteiger partial charge is 0.483 e. The standard InChI is InChI=1S/C31H29F3N6O4/c32-17-31(6-7-31)18-40-24-13-20(30(41)42)12-23(34)29(24)38-27(40)15-39-9-4-21(5-10-39)44-28-3-8-36-26(37-28)16-43-25-2-1-19(14-35)11-22(25)33/h1-3,8,11-13,21H,4-7,9-10,15-18H2,(H,41,42). The predicted molar refractivity (Wildman–Crippen MR) is 151 cm³/mol. The molecule has 2 aromatic carbocycles. The Morgan fingerprint density at radius 1 is 1.11 bits per heavy atom. The van der Waals surface area contributed by atoms with Crippen LogP contribution >= 0.6 is 0 Å². The van der Waals surface area contributed by atoms with Crippen LogP contribution in [-0.4, -0.2) is 61.4 Å². The van der Waals surface area contributed by atoms with Gasteiger partial charge in [0.1, 0.15) is 24.1 Å². The second-order valence-corrected chi connectivity index (χ2v) is 11.3. The van der Waals surface area contributed by atoms with Crippen LogP contribution in [0.5, 0.6) is 11.6 Å². The van der Waals surface area contributed by atoms with Crippen LogP contribution in [-0.2, 0) is 19.7 Å². The van der Waals surface area contributed by atoms with Crippen LogP contribution < -0.4 is 9.47 Å². The minimum Gasteiger partial charge on any atom is -0.483 e. The van der Waals surface area contributed by atoms with Crippen LogP contribution in [0, 0.1) is 28.4 Å². The van der Waals surface area contributed by atoms with Crippen LogP contribution in [0.3, 0.4) is 0 Å². The molecule has 44 heavy (non-hydrogen) atoms. The number of ether oxygens (including phenoxy) is 2. The predicted octanol–water partition coefficient (Wildman–Crippen LogP) is 5.05. The van der Waals surface area contributed by atoms with Gasteiger partial charge in [0.05, 0.1) is 35.9 Å². The number of nitrogens with zero attached hydrogens (tertiary/aromatic N) is 6. The molecule has 0 atom stereocenters. The van der Waals surface area contributed by atoms with Gasteiger partial charge in [-0.2, -0.15) is 10.2 Å². The molecular formula is C31H29F3N6O4. The highest BCUT2D eigenvalue weighted by molar-refractivity contribution is 5.92. The maximum atomic E-state index is 14.9. The molecule has 6 rings (SSSR count). The molecule has 1 saturated heterocycles. The van der Waals surface area contributed by atoms with Gasteiger partial charge in [0.15, 0.2) is 23.2 Å². The zero-order chi connectivity index (χ0) is 30.8. The number of rotatable bonds is 11. The van der Waals surface area contributed by atoms with Gasteiger partial charge in [-0.1, -0.05) is 0 Å². The van der Waals surface area contributed by atoms with Crippen molar-refractivity contribution in [2.75, 3.05) is 19.8 Å². The first-order valence-electron chi connectivity index (χ1n) is 14.3. The lowest BCUT2D eigenvalue weighted by Crippen LogP contribution is -2.38. The van der Waals surface area contributed by atoms with Gasteiger partial charge in [-0.3, -0.25) is 9.29 Å². The summed E-state index contributed by atoms with van der Waals surface area (Å²) in [6.07, 6.45) is 4.21. The van der Waals surface area contributed by atoms with Crippen LogP contribution in [0.15, 0.2) is 42.6 Å². The average Bonchev–Trinajstić information content (AvgIpc) is 3.72. The van der Waals surface area contributed by atoms with E-state index in [9.17, 15) is 23.1 Å². The maximum Gasteiger partial charge on any atom is 0.335 e. The zero-order valence-electron chi connectivity index (χ0n) is 23.7. The highest BCUT2D eigenvalue weighted by Gasteiger charge is 2.44. The minimum absolute atomic E-state index is 0.0121. The number of carbonyl (C=O) groups is 1. The summed E-state index contributed by atoms with van der Waals surface area (Å²) in [5.41, 5.74) is -0.0510. The van der Waals surface area contributed by atoms with Gasteiger partial charge in [0, 0.05) is 37.3 Å². The molecule has 0 radical (unpaired) electrons. The van der Waals surface area contributed by atoms with Gasteiger partial charge in [-0.15, -0.1) is 0 Å². The first-order valence-corrected chi connectivity index (χ1v) is 14.3. The van der Waals surface area contributed by atoms with E-state index in [1.165, 1.54) is 24.4 Å². The van der Waals surface area contributed by atoms with E-state index >= 15 is 0 Å². The number of carboxylic acid groups (broad SMARTS) is 1. The van der Waals surface area contributed by atoms with Crippen molar-refractivity contribution >= 4 is 17.0 Å². The van der Waals surface area contributed by atoms with Gasteiger partial charge >= 0.3 is 5.97 Å². The first kappa shape index (κ1) is 29.4. The molecule has 0 unspecified atom stereocenters. The topological polar surface area (TPSA) is 126 Å². The quantitative estimate of drug-likeness (QED) is 0.250. The normalized spacial score (nSPS) is 16.5. The van der Waals surface area contributed by atoms with Gasteiger partial charge in [-0.25, -0.2) is 23.5 Å². The molecule has 1 aliphatic heterocycles. The van der Waals surface area contributed by atoms with Gasteiger partial charge in [-0.05, 0) is 56.0 Å². The van der Waals surface area contributed by atoms with Crippen LogP contribution in [0.2, 0.25) is 0 Å². The summed E-state index contributed by atoms with van der Waals surface area (Å²) in [7, 11) is 0. The number of nitriles is 1. The summed E-state index contributed by atoms with van der Waals surface area (Å²) in [5.74, 6) is -1.37. The van der Waals surface area contributed by atoms with Crippen LogP contribution in [0.4, 0.5) is 13.2 Å². The highest BCUT2D eigenvalue weighted by atomic mass is 19.1. The molecule has 13 heteroatoms. The number of aromatic carboxylic acids is 1. The Labute approximate surface area is 250 Å². The maximum absolute atomic E-state index is 14.9. The fourth-order valence-electron chi connectivity index (χ4n) is 5.40. The molecule has 0 bridgehead atoms. The summed E-state index contributed by atoms with van der Waals surface area (Å²) >= 11 is 0. The Bertz CT molecular complexity index is 1740. The van der Waals surface area contributed by atoms with Crippen LogP contribution in [0.1, 0.15) is 53.3 Å². The van der Waals surface area contributed by atoms with Crippen molar-refractivity contribution in [3.05, 3.63) is 77.0 Å². The zero-order valence-corrected chi connectivity index (χ0v) is 23.7. The number of imidazole rings is 1. The highest BCUT2D eigenvalue weighted by Crippen LogP contribution is 2.48. The van der Waals surface area contributed by atoms with E-state index in [0.29, 0.717) is 62.1 Å². The molecule has 3 heterocycles. The van der Waals surface area contributed by atoms with Gasteiger partial charge in [0.2, 0.25) is 5.88 Å². The second-order valence-electron chi connectivity index (χ2n) is 11.3. The van der Waals surface area contributed by atoms with E-state index in [0.717, 1.165) is 25.0 Å². The summed E-state index contributed by atoms with van der Waals surface area (Å²) in [4.78, 5) is 26.8. The molecule has 10 nitrogen and oxygen atoms in total. The molecule has 2 aromatic heterocycles. The number of halogens is 3. The Kier molecular flexibility index (Phi) is 8.09. The summed E-state index contributed by atoms with van der Waals surface area (Å²) < 4.78 is 56.2. The Balaban J connectivity index is 1.09. The molecule has 0 amide bonds. The lowest BCUT2D eigenvalue weighted by atomic mass is 10.1. The molecule has 2 aliphatic rings. The number of hydrogen-bond acceptors (Lipinski definition) is 8. The van der Waals surface area contributed by atoms with Crippen molar-refractivity contribution < 1.29 is 32.5 Å². The number of carboxylic acids is 1. The van der Waals surface area contributed by atoms with Gasteiger partial charge in [0.25, 0.3) is 0 Å². The van der Waals surface area contributed by atoms with Crippen molar-refractivity contribution in [2.24, 2.45) is 5.41 Å². The average molecular weight is 607 g/mol. The van der Waals surface area contributed by atoms with Crippen LogP contribution in [0.25, 0.3) is 11.0 Å². The first-order chi connectivity index (χ1) is 21.3. The monoisotopic (exact) mass is 606 g/mol. The van der Waals surface area contributed by atoms with E-state index in [2.05, 4.69) is 19.9 Å². The molecule has 0 spiro atoms. The molecule has 1 N–H and O–H groups in total. The lowest BCUT2D eigenvalue weighted by molar-refractivity contribution is 0.0696. The Hall–Kier alpha value is -4.70. The van der Waals surface area contributed by atoms with Crippen molar-refractivity contribution in [3.63, 3.8) is 0 Å². The number of piperidine rings is 1. The van der Waals surface area contributed by atoms with E-state index in [1.54, 1.807) is 10.6 Å². The molecule has 1 aliphatic carbocycles. The number of hydrogen-bond donors (Lipinski definition) is 1. The number of likely N-dealkylation sites (tertiary alicyclic amines) is 1. The smallest absolute Gasteiger partial charge is 0.335 e. The third-order valence-corrected chi connectivity index (χ3v) is 8.15. The molecule has 1 saturated carbocycles. The number of benzene rings is 2. The van der Waals surface area contributed by atoms with E-state index in [4.69, 9.17) is 14.7 Å². The Morgan fingerprint density at radius 3 is 2.59 bits per heavy atom. The summed E-state index contributed by atoms with van der Waals surface area (Å²) in [6, 6.07) is 9.82. The molecule has 2 fully saturated rings. The summed E-state index contributed by atoms with van der Waals surface area (Å²) in [6.45, 7) is 1.44. The van der Waals surface area contributed by atoms with Gasteiger partial charge < -0.3 is 19.1 Å². The minimum atomic E-state index is -1.24. The van der Waals surface area contributed by atoms with Crippen molar-refractivity contribution in [2.45, 2.75) is 51.5 Å². The molecule has 228 valence electrons. The third kappa shape index (κ3) is 6.30. The third-order valence-electron chi connectivity index (χ3n) is 8.15. The fourth-order valence-corrected chi connectivity index (χ4v) is 5.40. The number of fused-ring (bicyclic) bond motifs is 1. The SMILES string of the molecule is N#Cc1ccc(OCc2nccc(OC3CCN(Cc4nc5c(F)cc(C(=O)O)cc5n4CC4(CF)CC4)CC3)n2)c(F)c1. The summed E-state index contributed by atoms with van der Waals surface area (Å²) in [5, 5.41) is 18.3. The molecule has 4 aromatic rings. The van der Waals surface area contributed by atoms with E-state index in [1.807, 2.05) is 6.07 Å². The number of alkyl halides is 1. The van der Waals surface area contributed by atoms with Crippen molar-refractivity contribution in [3.8, 4) is 17.7 Å². The number of aromatic nitrogens is 4. The second kappa shape index (κ2) is 12.1. The van der Waals surface area contributed by atoms with Crippen molar-refractivity contribution in [1.82, 2.24) is 24.4 Å². The Morgan fingerprint density at radius 2 is 1.91 bits per heavy atom. The van der Waals surface area contributed by atoms with Crippen molar-refractivity contribution in [1.29, 1.82) is 5.26 Å².